The van der Waals surface area contributed by atoms with Gasteiger partial charge in [-0.1, -0.05) is 30.3 Å². The fraction of sp³-hybridized carbons (Fsp3) is 0.458. The largest absolute Gasteiger partial charge is 0.454 e. The van der Waals surface area contributed by atoms with Crippen molar-refractivity contribution in [3.8, 4) is 11.5 Å². The summed E-state index contributed by atoms with van der Waals surface area (Å²) in [6, 6.07) is 14.9. The number of halogens is 1. The topological polar surface area (TPSA) is 61.4 Å². The first-order valence-electron chi connectivity index (χ1n) is 11.0. The number of aliphatic imine (C=N–C) groups is 1. The van der Waals surface area contributed by atoms with Crippen LogP contribution >= 0.6 is 24.0 Å². The molecule has 0 radical (unpaired) electrons. The van der Waals surface area contributed by atoms with E-state index in [1.807, 2.05) is 18.2 Å². The van der Waals surface area contributed by atoms with Gasteiger partial charge in [-0.05, 0) is 55.4 Å². The minimum Gasteiger partial charge on any atom is -0.454 e. The van der Waals surface area contributed by atoms with Gasteiger partial charge in [0.15, 0.2) is 17.5 Å². The maximum Gasteiger partial charge on any atom is 0.231 e. The Morgan fingerprint density at radius 2 is 1.56 bits per heavy atom. The molecule has 2 aliphatic rings. The maximum atomic E-state index is 5.44. The van der Waals surface area contributed by atoms with Crippen molar-refractivity contribution in [2.45, 2.75) is 26.1 Å². The van der Waals surface area contributed by atoms with Gasteiger partial charge in [-0.3, -0.25) is 9.89 Å². The number of ether oxygens (including phenoxy) is 2. The van der Waals surface area contributed by atoms with Crippen LogP contribution in [0.4, 0.5) is 0 Å². The summed E-state index contributed by atoms with van der Waals surface area (Å²) in [5.41, 5.74) is 3.74. The molecule has 0 amide bonds. The zero-order valence-electron chi connectivity index (χ0n) is 19.0. The van der Waals surface area contributed by atoms with Crippen LogP contribution in [-0.4, -0.2) is 62.8 Å². The van der Waals surface area contributed by atoms with E-state index in [0.717, 1.165) is 49.2 Å². The lowest BCUT2D eigenvalue weighted by molar-refractivity contribution is 0.174. The molecule has 8 heteroatoms. The lowest BCUT2D eigenvalue weighted by Crippen LogP contribution is -2.36. The van der Waals surface area contributed by atoms with Crippen LogP contribution in [0.25, 0.3) is 0 Å². The Labute approximate surface area is 208 Å². The van der Waals surface area contributed by atoms with Gasteiger partial charge in [0.2, 0.25) is 6.79 Å². The molecule has 4 rings (SSSR count). The zero-order valence-corrected chi connectivity index (χ0v) is 21.3. The molecule has 2 N–H and O–H groups in total. The van der Waals surface area contributed by atoms with Crippen molar-refractivity contribution in [2.24, 2.45) is 4.99 Å². The van der Waals surface area contributed by atoms with Crippen LogP contribution in [0.15, 0.2) is 47.5 Å². The Kier molecular flexibility index (Phi) is 9.43. The number of hydrogen-bond acceptors (Lipinski definition) is 5. The van der Waals surface area contributed by atoms with Crippen LogP contribution in [0, 0.1) is 0 Å². The highest BCUT2D eigenvalue weighted by Crippen LogP contribution is 2.32. The average Bonchev–Trinajstić information content (AvgIpc) is 3.17. The third-order valence-corrected chi connectivity index (χ3v) is 5.82. The molecule has 2 heterocycles. The highest BCUT2D eigenvalue weighted by Gasteiger charge is 2.14. The van der Waals surface area contributed by atoms with Gasteiger partial charge in [-0.2, -0.15) is 0 Å². The number of benzene rings is 2. The Balaban J connectivity index is 0.00000289. The van der Waals surface area contributed by atoms with Crippen molar-refractivity contribution in [1.82, 2.24) is 20.4 Å². The quantitative estimate of drug-likeness (QED) is 0.327. The van der Waals surface area contributed by atoms with Gasteiger partial charge < -0.3 is 25.0 Å². The van der Waals surface area contributed by atoms with E-state index in [1.165, 1.54) is 30.6 Å². The van der Waals surface area contributed by atoms with Gasteiger partial charge >= 0.3 is 0 Å². The summed E-state index contributed by atoms with van der Waals surface area (Å²) >= 11 is 0. The minimum absolute atomic E-state index is 0. The molecule has 0 spiro atoms. The van der Waals surface area contributed by atoms with E-state index >= 15 is 0 Å². The minimum atomic E-state index is 0. The smallest absolute Gasteiger partial charge is 0.231 e. The predicted octanol–water partition coefficient (Wildman–Crippen LogP) is 3.04. The summed E-state index contributed by atoms with van der Waals surface area (Å²) in [6.07, 6.45) is 1.25. The SMILES string of the molecule is CN=C(NCc1ccc(CN2CCCN(C)CC2)cc1)NCc1ccc2c(c1)OCO2.I. The molecule has 2 aromatic carbocycles. The standard InChI is InChI=1S/C24H33N5O2.HI/c1-25-24(27-16-21-8-9-22-23(14-21)31-18-30-22)26-15-19-4-6-20(7-5-19)17-29-11-3-10-28(2)12-13-29;/h4-9,14H,3,10-13,15-18H2,1-2H3,(H2,25,26,27);1H. The maximum absolute atomic E-state index is 5.44. The van der Waals surface area contributed by atoms with Crippen LogP contribution in [0.3, 0.4) is 0 Å². The summed E-state index contributed by atoms with van der Waals surface area (Å²) < 4.78 is 10.8. The Bertz CT molecular complexity index is 890. The second kappa shape index (κ2) is 12.3. The summed E-state index contributed by atoms with van der Waals surface area (Å²) in [4.78, 5) is 9.30. The van der Waals surface area contributed by atoms with E-state index < -0.39 is 0 Å². The van der Waals surface area contributed by atoms with Crippen LogP contribution in [0.2, 0.25) is 0 Å². The average molecular weight is 551 g/mol. The third-order valence-electron chi connectivity index (χ3n) is 5.82. The second-order valence-electron chi connectivity index (χ2n) is 8.22. The first-order chi connectivity index (χ1) is 15.2. The molecule has 0 bridgehead atoms. The summed E-state index contributed by atoms with van der Waals surface area (Å²) in [5, 5.41) is 6.74. The normalized spacial score (nSPS) is 16.9. The fourth-order valence-electron chi connectivity index (χ4n) is 3.92. The van der Waals surface area contributed by atoms with Crippen LogP contribution in [0.5, 0.6) is 11.5 Å². The molecule has 0 aromatic heterocycles. The van der Waals surface area contributed by atoms with E-state index in [4.69, 9.17) is 9.47 Å². The van der Waals surface area contributed by atoms with Gasteiger partial charge in [0, 0.05) is 39.8 Å². The summed E-state index contributed by atoms with van der Waals surface area (Å²) in [6.45, 7) is 7.40. The molecule has 1 saturated heterocycles. The van der Waals surface area contributed by atoms with Crippen LogP contribution < -0.4 is 20.1 Å². The second-order valence-corrected chi connectivity index (χ2v) is 8.22. The fourth-order valence-corrected chi connectivity index (χ4v) is 3.92. The molecule has 2 aliphatic heterocycles. The van der Waals surface area contributed by atoms with E-state index in [0.29, 0.717) is 13.3 Å². The van der Waals surface area contributed by atoms with Crippen LogP contribution in [0.1, 0.15) is 23.1 Å². The number of fused-ring (bicyclic) bond motifs is 1. The highest BCUT2D eigenvalue weighted by molar-refractivity contribution is 14.0. The molecule has 7 nitrogen and oxygen atoms in total. The molecule has 32 heavy (non-hydrogen) atoms. The number of rotatable bonds is 6. The Morgan fingerprint density at radius 3 is 2.34 bits per heavy atom. The van der Waals surface area contributed by atoms with Gasteiger partial charge in [-0.15, -0.1) is 24.0 Å². The van der Waals surface area contributed by atoms with Crippen molar-refractivity contribution in [1.29, 1.82) is 0 Å². The first-order valence-corrected chi connectivity index (χ1v) is 11.0. The number of hydrogen-bond donors (Lipinski definition) is 2. The van der Waals surface area contributed by atoms with Gasteiger partial charge in [-0.25, -0.2) is 0 Å². The monoisotopic (exact) mass is 551 g/mol. The number of nitrogens with one attached hydrogen (secondary N) is 2. The third kappa shape index (κ3) is 6.98. The summed E-state index contributed by atoms with van der Waals surface area (Å²) in [5.74, 6) is 2.38. The van der Waals surface area contributed by atoms with Gasteiger partial charge in [0.05, 0.1) is 0 Å². The van der Waals surface area contributed by atoms with E-state index in [2.05, 4.69) is 56.7 Å². The lowest BCUT2D eigenvalue weighted by Gasteiger charge is -2.20. The molecule has 0 aliphatic carbocycles. The van der Waals surface area contributed by atoms with Crippen molar-refractivity contribution < 1.29 is 9.47 Å². The molecule has 0 atom stereocenters. The first kappa shape index (κ1) is 24.6. The molecular formula is C24H34IN5O2. The lowest BCUT2D eigenvalue weighted by atomic mass is 10.1. The molecule has 0 saturated carbocycles. The zero-order chi connectivity index (χ0) is 21.5. The van der Waals surface area contributed by atoms with E-state index in [9.17, 15) is 0 Å². The van der Waals surface area contributed by atoms with Crippen molar-refractivity contribution in [3.05, 3.63) is 59.2 Å². The molecule has 174 valence electrons. The van der Waals surface area contributed by atoms with Crippen molar-refractivity contribution in [2.75, 3.05) is 47.1 Å². The highest BCUT2D eigenvalue weighted by atomic mass is 127. The number of likely N-dealkylation sites (N-methyl/N-ethyl adjacent to an activating group) is 1. The van der Waals surface area contributed by atoms with Gasteiger partial charge in [0.25, 0.3) is 0 Å². The van der Waals surface area contributed by atoms with Crippen LogP contribution in [-0.2, 0) is 19.6 Å². The predicted molar refractivity (Wildman–Crippen MR) is 139 cm³/mol. The van der Waals surface area contributed by atoms with Crippen molar-refractivity contribution in [3.63, 3.8) is 0 Å². The number of nitrogens with zero attached hydrogens (tertiary/aromatic N) is 3. The molecule has 1 fully saturated rings. The molecule has 2 aromatic rings. The molecular weight excluding hydrogens is 517 g/mol. The summed E-state index contributed by atoms with van der Waals surface area (Å²) in [7, 11) is 4.00. The van der Waals surface area contributed by atoms with Gasteiger partial charge in [0.1, 0.15) is 0 Å². The van der Waals surface area contributed by atoms with E-state index in [1.54, 1.807) is 7.05 Å². The van der Waals surface area contributed by atoms with E-state index in [-0.39, 0.29) is 24.0 Å². The Hall–Kier alpha value is -2.04. The molecule has 0 unspecified atom stereocenters. The Morgan fingerprint density at radius 1 is 0.875 bits per heavy atom. The van der Waals surface area contributed by atoms with Crippen molar-refractivity contribution >= 4 is 29.9 Å². The number of guanidine groups is 1.